The summed E-state index contributed by atoms with van der Waals surface area (Å²) < 4.78 is 15.5. The number of aliphatic carboxylic acids is 1. The van der Waals surface area contributed by atoms with Gasteiger partial charge in [-0.1, -0.05) is 42.5 Å². The molecule has 132 valence electrons. The average Bonchev–Trinajstić information content (AvgIpc) is 2.64. The first kappa shape index (κ1) is 18.1. The van der Waals surface area contributed by atoms with E-state index in [0.717, 1.165) is 5.56 Å². The monoisotopic (exact) mass is 345 g/mol. The average molecular weight is 345 g/mol. The lowest BCUT2D eigenvalue weighted by Gasteiger charge is -2.19. The number of carboxylic acid groups (broad SMARTS) is 1. The van der Waals surface area contributed by atoms with Gasteiger partial charge in [-0.25, -0.2) is 9.59 Å². The molecule has 2 aromatic rings. The minimum Gasteiger partial charge on any atom is -0.493 e. The molecule has 0 saturated carbocycles. The fourth-order valence-corrected chi connectivity index (χ4v) is 2.29. The quantitative estimate of drug-likeness (QED) is 0.801. The van der Waals surface area contributed by atoms with Gasteiger partial charge in [0.05, 0.1) is 14.2 Å². The van der Waals surface area contributed by atoms with Crippen molar-refractivity contribution in [2.75, 3.05) is 14.2 Å². The van der Waals surface area contributed by atoms with Crippen LogP contribution in [0.2, 0.25) is 0 Å². The Kier molecular flexibility index (Phi) is 6.22. The summed E-state index contributed by atoms with van der Waals surface area (Å²) in [6, 6.07) is 12.5. The molecule has 0 aliphatic carbocycles. The topological polar surface area (TPSA) is 94.1 Å². The van der Waals surface area contributed by atoms with Crippen LogP contribution in [-0.4, -0.2) is 31.4 Å². The minimum absolute atomic E-state index is 0.0360. The maximum atomic E-state index is 12.0. The van der Waals surface area contributed by atoms with Gasteiger partial charge in [-0.3, -0.25) is 0 Å². The van der Waals surface area contributed by atoms with Crippen molar-refractivity contribution in [2.45, 2.75) is 12.6 Å². The van der Waals surface area contributed by atoms with Gasteiger partial charge in [0.2, 0.25) is 0 Å². The number of hydrogen-bond acceptors (Lipinski definition) is 5. The first-order chi connectivity index (χ1) is 12.1. The molecule has 2 rings (SSSR count). The van der Waals surface area contributed by atoms with Crippen LogP contribution in [-0.2, 0) is 16.1 Å². The molecule has 0 aliphatic heterocycles. The van der Waals surface area contributed by atoms with E-state index in [-0.39, 0.29) is 17.9 Å². The standard InChI is InChI=1S/C18H19NO6/c1-23-14-10-6-9-13(16(14)24-2)15(17(20)21)19-18(22)25-11-12-7-4-3-5-8-12/h3-10,15H,11H2,1-2H3,(H,19,22)(H,20,21). The number of carbonyl (C=O) groups excluding carboxylic acids is 1. The second-order valence-corrected chi connectivity index (χ2v) is 5.06. The highest BCUT2D eigenvalue weighted by atomic mass is 16.5. The van der Waals surface area contributed by atoms with E-state index in [1.54, 1.807) is 24.3 Å². The number of methoxy groups -OCH3 is 2. The number of nitrogens with one attached hydrogen (secondary N) is 1. The number of ether oxygens (including phenoxy) is 3. The van der Waals surface area contributed by atoms with Crippen molar-refractivity contribution < 1.29 is 28.9 Å². The van der Waals surface area contributed by atoms with Crippen LogP contribution in [0.1, 0.15) is 17.2 Å². The van der Waals surface area contributed by atoms with Gasteiger partial charge in [0.25, 0.3) is 0 Å². The molecule has 7 heteroatoms. The summed E-state index contributed by atoms with van der Waals surface area (Å²) in [4.78, 5) is 23.6. The van der Waals surface area contributed by atoms with Gasteiger partial charge in [-0.05, 0) is 11.6 Å². The highest BCUT2D eigenvalue weighted by Crippen LogP contribution is 2.34. The number of benzene rings is 2. The van der Waals surface area contributed by atoms with E-state index < -0.39 is 18.1 Å². The van der Waals surface area contributed by atoms with Gasteiger partial charge in [-0.2, -0.15) is 0 Å². The van der Waals surface area contributed by atoms with E-state index in [0.29, 0.717) is 5.75 Å². The van der Waals surface area contributed by atoms with Gasteiger partial charge in [0, 0.05) is 5.56 Å². The molecule has 0 bridgehead atoms. The van der Waals surface area contributed by atoms with Crippen LogP contribution in [0.3, 0.4) is 0 Å². The van der Waals surface area contributed by atoms with Crippen LogP contribution in [0.5, 0.6) is 11.5 Å². The second-order valence-electron chi connectivity index (χ2n) is 5.06. The van der Waals surface area contributed by atoms with Crippen LogP contribution in [0.4, 0.5) is 4.79 Å². The summed E-state index contributed by atoms with van der Waals surface area (Å²) in [6.45, 7) is 0.0360. The van der Waals surface area contributed by atoms with E-state index in [1.807, 2.05) is 18.2 Å². The number of carbonyl (C=O) groups is 2. The van der Waals surface area contributed by atoms with Crippen molar-refractivity contribution in [3.63, 3.8) is 0 Å². The molecule has 2 N–H and O–H groups in total. The number of carboxylic acids is 1. The van der Waals surface area contributed by atoms with Gasteiger partial charge < -0.3 is 24.6 Å². The van der Waals surface area contributed by atoms with Crippen molar-refractivity contribution in [3.8, 4) is 11.5 Å². The molecule has 25 heavy (non-hydrogen) atoms. The largest absolute Gasteiger partial charge is 0.493 e. The maximum absolute atomic E-state index is 12.0. The highest BCUT2D eigenvalue weighted by Gasteiger charge is 2.27. The van der Waals surface area contributed by atoms with Gasteiger partial charge >= 0.3 is 12.1 Å². The molecule has 0 saturated heterocycles. The SMILES string of the molecule is COc1cccc(C(NC(=O)OCc2ccccc2)C(=O)O)c1OC. The lowest BCUT2D eigenvalue weighted by atomic mass is 10.1. The predicted molar refractivity (Wildman–Crippen MR) is 89.7 cm³/mol. The Hall–Kier alpha value is -3.22. The van der Waals surface area contributed by atoms with Crippen molar-refractivity contribution in [2.24, 2.45) is 0 Å². The Balaban J connectivity index is 2.13. The first-order valence-corrected chi connectivity index (χ1v) is 7.47. The lowest BCUT2D eigenvalue weighted by Crippen LogP contribution is -2.34. The van der Waals surface area contributed by atoms with Crippen LogP contribution in [0.15, 0.2) is 48.5 Å². The second kappa shape index (κ2) is 8.58. The third-order valence-electron chi connectivity index (χ3n) is 3.47. The fourth-order valence-electron chi connectivity index (χ4n) is 2.29. The molecule has 7 nitrogen and oxygen atoms in total. The molecular weight excluding hydrogens is 326 g/mol. The third-order valence-corrected chi connectivity index (χ3v) is 3.47. The Morgan fingerprint density at radius 2 is 1.76 bits per heavy atom. The summed E-state index contributed by atoms with van der Waals surface area (Å²) in [5, 5.41) is 11.8. The van der Waals surface area contributed by atoms with Crippen LogP contribution in [0.25, 0.3) is 0 Å². The van der Waals surface area contributed by atoms with Crippen LogP contribution < -0.4 is 14.8 Å². The van der Waals surface area contributed by atoms with Crippen molar-refractivity contribution in [3.05, 3.63) is 59.7 Å². The molecule has 1 unspecified atom stereocenters. The predicted octanol–water partition coefficient (Wildman–Crippen LogP) is 2.76. The van der Waals surface area contributed by atoms with Gasteiger partial charge in [-0.15, -0.1) is 0 Å². The van der Waals surface area contributed by atoms with E-state index in [9.17, 15) is 14.7 Å². The Morgan fingerprint density at radius 3 is 2.36 bits per heavy atom. The number of amides is 1. The molecule has 0 fully saturated rings. The zero-order valence-electron chi connectivity index (χ0n) is 13.9. The molecule has 1 amide bonds. The minimum atomic E-state index is -1.34. The van der Waals surface area contributed by atoms with Crippen molar-refractivity contribution in [1.82, 2.24) is 5.32 Å². The van der Waals surface area contributed by atoms with Crippen molar-refractivity contribution >= 4 is 12.1 Å². The summed E-state index contributed by atoms with van der Waals surface area (Å²) >= 11 is 0. The molecule has 0 spiro atoms. The normalized spacial score (nSPS) is 11.3. The summed E-state index contributed by atoms with van der Waals surface area (Å²) in [5.41, 5.74) is 1.05. The number of hydrogen-bond donors (Lipinski definition) is 2. The summed E-state index contributed by atoms with van der Waals surface area (Å²) in [6.07, 6.45) is -0.846. The molecule has 0 aromatic heterocycles. The van der Waals surface area contributed by atoms with Crippen LogP contribution >= 0.6 is 0 Å². The third kappa shape index (κ3) is 4.63. The zero-order chi connectivity index (χ0) is 18.2. The van der Waals surface area contributed by atoms with Gasteiger partial charge in [0.15, 0.2) is 17.5 Å². The Labute approximate surface area is 145 Å². The van der Waals surface area contributed by atoms with E-state index in [1.165, 1.54) is 20.3 Å². The maximum Gasteiger partial charge on any atom is 0.408 e. The molecule has 0 heterocycles. The van der Waals surface area contributed by atoms with Gasteiger partial charge in [0.1, 0.15) is 6.61 Å². The van der Waals surface area contributed by atoms with E-state index >= 15 is 0 Å². The molecule has 0 aliphatic rings. The Morgan fingerprint density at radius 1 is 1.04 bits per heavy atom. The summed E-state index contributed by atoms with van der Waals surface area (Å²) in [7, 11) is 2.84. The number of para-hydroxylation sites is 1. The first-order valence-electron chi connectivity index (χ1n) is 7.47. The molecule has 0 radical (unpaired) electrons. The van der Waals surface area contributed by atoms with E-state index in [4.69, 9.17) is 14.2 Å². The summed E-state index contributed by atoms with van der Waals surface area (Å²) in [5.74, 6) is -0.644. The number of rotatable bonds is 7. The van der Waals surface area contributed by atoms with Crippen LogP contribution in [0, 0.1) is 0 Å². The van der Waals surface area contributed by atoms with Crippen molar-refractivity contribution in [1.29, 1.82) is 0 Å². The zero-order valence-corrected chi connectivity index (χ0v) is 13.9. The number of alkyl carbamates (subject to hydrolysis) is 1. The lowest BCUT2D eigenvalue weighted by molar-refractivity contribution is -0.139. The molecule has 1 atom stereocenters. The molecule has 2 aromatic carbocycles. The smallest absolute Gasteiger partial charge is 0.408 e. The fraction of sp³-hybridized carbons (Fsp3) is 0.222. The van der Waals surface area contributed by atoms with E-state index in [2.05, 4.69) is 5.32 Å². The molecular formula is C18H19NO6. The highest BCUT2D eigenvalue weighted by molar-refractivity contribution is 5.82. The Bertz CT molecular complexity index is 732.